The van der Waals surface area contributed by atoms with Gasteiger partial charge in [0.2, 0.25) is 5.95 Å². The fourth-order valence-corrected chi connectivity index (χ4v) is 3.61. The smallest absolute Gasteiger partial charge is 0.231 e. The van der Waals surface area contributed by atoms with Gasteiger partial charge in [0.15, 0.2) is 17.0 Å². The molecule has 0 atom stereocenters. The van der Waals surface area contributed by atoms with Crippen LogP contribution >= 0.6 is 0 Å². The average Bonchev–Trinajstić information content (AvgIpc) is 3.27. The Bertz CT molecular complexity index is 1380. The molecular weight excluding hydrogens is 414 g/mol. The summed E-state index contributed by atoms with van der Waals surface area (Å²) in [4.78, 5) is 18.4. The van der Waals surface area contributed by atoms with Crippen molar-refractivity contribution in [3.63, 3.8) is 0 Å². The SMILES string of the molecule is CC(C)n1cnc2c(NCCOc3ccccc3)nc(Nc3ccc4ncccc4c3)nc21. The Kier molecular flexibility index (Phi) is 5.72. The van der Waals surface area contributed by atoms with Crippen molar-refractivity contribution in [3.8, 4) is 5.75 Å². The Labute approximate surface area is 191 Å². The van der Waals surface area contributed by atoms with Crippen molar-refractivity contribution in [2.45, 2.75) is 19.9 Å². The van der Waals surface area contributed by atoms with Gasteiger partial charge in [0.1, 0.15) is 12.4 Å². The molecule has 8 nitrogen and oxygen atoms in total. The number of nitrogens with one attached hydrogen (secondary N) is 2. The second-order valence-electron chi connectivity index (χ2n) is 7.94. The molecule has 0 saturated heterocycles. The Morgan fingerprint density at radius 3 is 2.70 bits per heavy atom. The van der Waals surface area contributed by atoms with E-state index in [1.54, 1.807) is 12.5 Å². The molecule has 166 valence electrons. The summed E-state index contributed by atoms with van der Waals surface area (Å²) in [5, 5.41) is 7.75. The first kappa shape index (κ1) is 20.7. The Hall–Kier alpha value is -4.20. The van der Waals surface area contributed by atoms with Crippen molar-refractivity contribution in [2.24, 2.45) is 0 Å². The van der Waals surface area contributed by atoms with Crippen LogP contribution in [-0.4, -0.2) is 37.7 Å². The highest BCUT2D eigenvalue weighted by Crippen LogP contribution is 2.26. The van der Waals surface area contributed by atoms with E-state index >= 15 is 0 Å². The van der Waals surface area contributed by atoms with Gasteiger partial charge in [0.25, 0.3) is 0 Å². The number of nitrogens with zero attached hydrogens (tertiary/aromatic N) is 5. The molecule has 0 amide bonds. The van der Waals surface area contributed by atoms with Crippen LogP contribution in [0.25, 0.3) is 22.1 Å². The minimum atomic E-state index is 0.221. The molecule has 0 aliphatic carbocycles. The van der Waals surface area contributed by atoms with E-state index in [4.69, 9.17) is 14.7 Å². The molecule has 5 aromatic rings. The third kappa shape index (κ3) is 4.55. The van der Waals surface area contributed by atoms with Gasteiger partial charge in [-0.25, -0.2) is 4.98 Å². The number of imidazole rings is 1. The molecule has 0 bridgehead atoms. The van der Waals surface area contributed by atoms with Crippen LogP contribution in [0.2, 0.25) is 0 Å². The maximum Gasteiger partial charge on any atom is 0.231 e. The molecule has 2 N–H and O–H groups in total. The summed E-state index contributed by atoms with van der Waals surface area (Å²) in [6.45, 7) is 5.29. The zero-order chi connectivity index (χ0) is 22.6. The molecule has 33 heavy (non-hydrogen) atoms. The fraction of sp³-hybridized carbons (Fsp3) is 0.200. The largest absolute Gasteiger partial charge is 0.492 e. The van der Waals surface area contributed by atoms with E-state index in [1.807, 2.05) is 65.2 Å². The van der Waals surface area contributed by atoms with E-state index in [9.17, 15) is 0 Å². The third-order valence-electron chi connectivity index (χ3n) is 5.24. The van der Waals surface area contributed by atoms with Gasteiger partial charge in [0.05, 0.1) is 18.4 Å². The summed E-state index contributed by atoms with van der Waals surface area (Å²) in [5.41, 5.74) is 3.34. The predicted molar refractivity (Wildman–Crippen MR) is 131 cm³/mol. The molecule has 0 radical (unpaired) electrons. The number of aromatic nitrogens is 5. The van der Waals surface area contributed by atoms with Gasteiger partial charge in [-0.3, -0.25) is 4.98 Å². The highest BCUT2D eigenvalue weighted by atomic mass is 16.5. The predicted octanol–water partition coefficient (Wildman–Crippen LogP) is 5.19. The lowest BCUT2D eigenvalue weighted by Crippen LogP contribution is -2.14. The zero-order valence-electron chi connectivity index (χ0n) is 18.6. The van der Waals surface area contributed by atoms with E-state index in [2.05, 4.69) is 34.4 Å². The molecule has 0 unspecified atom stereocenters. The van der Waals surface area contributed by atoms with Crippen molar-refractivity contribution < 1.29 is 4.74 Å². The molecule has 5 rings (SSSR count). The first-order valence-corrected chi connectivity index (χ1v) is 11.0. The van der Waals surface area contributed by atoms with Gasteiger partial charge in [-0.05, 0) is 50.2 Å². The lowest BCUT2D eigenvalue weighted by Gasteiger charge is -2.13. The molecule has 0 aliphatic heterocycles. The minimum absolute atomic E-state index is 0.221. The fourth-order valence-electron chi connectivity index (χ4n) is 3.61. The van der Waals surface area contributed by atoms with Crippen LogP contribution in [0.4, 0.5) is 17.5 Å². The topological polar surface area (TPSA) is 89.8 Å². The van der Waals surface area contributed by atoms with E-state index in [0.717, 1.165) is 33.5 Å². The van der Waals surface area contributed by atoms with Crippen LogP contribution in [-0.2, 0) is 0 Å². The van der Waals surface area contributed by atoms with Gasteiger partial charge in [-0.1, -0.05) is 24.3 Å². The molecule has 0 saturated carbocycles. The summed E-state index contributed by atoms with van der Waals surface area (Å²) < 4.78 is 7.84. The number of pyridine rings is 1. The number of hydrogen-bond donors (Lipinski definition) is 2. The summed E-state index contributed by atoms with van der Waals surface area (Å²) in [6, 6.07) is 19.9. The molecule has 0 fully saturated rings. The Morgan fingerprint density at radius 2 is 1.85 bits per heavy atom. The summed E-state index contributed by atoms with van der Waals surface area (Å²) in [6.07, 6.45) is 3.60. The van der Waals surface area contributed by atoms with E-state index in [0.29, 0.717) is 24.9 Å². The minimum Gasteiger partial charge on any atom is -0.492 e. The second-order valence-corrected chi connectivity index (χ2v) is 7.94. The van der Waals surface area contributed by atoms with Crippen LogP contribution in [0.1, 0.15) is 19.9 Å². The van der Waals surface area contributed by atoms with Crippen LogP contribution in [0.15, 0.2) is 73.2 Å². The first-order valence-electron chi connectivity index (χ1n) is 11.0. The van der Waals surface area contributed by atoms with Gasteiger partial charge in [-0.2, -0.15) is 9.97 Å². The first-order chi connectivity index (χ1) is 16.2. The Morgan fingerprint density at radius 1 is 0.970 bits per heavy atom. The van der Waals surface area contributed by atoms with Crippen molar-refractivity contribution in [1.82, 2.24) is 24.5 Å². The highest BCUT2D eigenvalue weighted by molar-refractivity contribution is 5.86. The number of ether oxygens (including phenoxy) is 1. The number of hydrogen-bond acceptors (Lipinski definition) is 7. The summed E-state index contributed by atoms with van der Waals surface area (Å²) in [7, 11) is 0. The molecule has 3 aromatic heterocycles. The van der Waals surface area contributed by atoms with E-state index < -0.39 is 0 Å². The Balaban J connectivity index is 1.40. The van der Waals surface area contributed by atoms with Crippen LogP contribution in [0, 0.1) is 0 Å². The third-order valence-corrected chi connectivity index (χ3v) is 5.24. The number of fused-ring (bicyclic) bond motifs is 2. The molecule has 2 aromatic carbocycles. The van der Waals surface area contributed by atoms with Gasteiger partial charge < -0.3 is 19.9 Å². The molecule has 8 heteroatoms. The van der Waals surface area contributed by atoms with Crippen molar-refractivity contribution in [3.05, 3.63) is 73.2 Å². The van der Waals surface area contributed by atoms with E-state index in [1.165, 1.54) is 0 Å². The lowest BCUT2D eigenvalue weighted by atomic mass is 10.2. The monoisotopic (exact) mass is 439 g/mol. The van der Waals surface area contributed by atoms with Crippen molar-refractivity contribution in [1.29, 1.82) is 0 Å². The van der Waals surface area contributed by atoms with Crippen LogP contribution < -0.4 is 15.4 Å². The molecule has 0 spiro atoms. The molecule has 0 aliphatic rings. The zero-order valence-corrected chi connectivity index (χ0v) is 18.6. The van der Waals surface area contributed by atoms with Crippen LogP contribution in [0.5, 0.6) is 5.75 Å². The lowest BCUT2D eigenvalue weighted by molar-refractivity contribution is 0.333. The highest BCUT2D eigenvalue weighted by Gasteiger charge is 2.15. The number of rotatable bonds is 8. The number of benzene rings is 2. The van der Waals surface area contributed by atoms with Gasteiger partial charge >= 0.3 is 0 Å². The quantitative estimate of drug-likeness (QED) is 0.322. The van der Waals surface area contributed by atoms with Gasteiger partial charge in [-0.15, -0.1) is 0 Å². The molecular formula is C25H25N7O. The maximum absolute atomic E-state index is 5.80. The average molecular weight is 440 g/mol. The normalized spacial score (nSPS) is 11.2. The maximum atomic E-state index is 5.80. The standard InChI is InChI=1S/C25H25N7O/c1-17(2)32-16-28-22-23(27-13-14-33-20-8-4-3-5-9-20)30-25(31-24(22)32)29-19-10-11-21-18(15-19)7-6-12-26-21/h3-12,15-17H,13-14H2,1-2H3,(H2,27,29,30,31). The summed E-state index contributed by atoms with van der Waals surface area (Å²) in [5.74, 6) is 2.00. The molecule has 3 heterocycles. The van der Waals surface area contributed by atoms with E-state index in [-0.39, 0.29) is 6.04 Å². The van der Waals surface area contributed by atoms with Crippen molar-refractivity contribution >= 4 is 39.5 Å². The van der Waals surface area contributed by atoms with Crippen LogP contribution in [0.3, 0.4) is 0 Å². The summed E-state index contributed by atoms with van der Waals surface area (Å²) >= 11 is 0. The second kappa shape index (κ2) is 9.12. The number of anilines is 3. The number of para-hydroxylation sites is 1. The van der Waals surface area contributed by atoms with Crippen molar-refractivity contribution in [2.75, 3.05) is 23.8 Å². The van der Waals surface area contributed by atoms with Gasteiger partial charge in [0, 0.05) is 23.3 Å².